The van der Waals surface area contributed by atoms with Crippen molar-refractivity contribution in [1.82, 2.24) is 0 Å². The van der Waals surface area contributed by atoms with Crippen LogP contribution in [0.3, 0.4) is 0 Å². The minimum atomic E-state index is -0.483. The number of amides is 1. The van der Waals surface area contributed by atoms with Gasteiger partial charge in [0.2, 0.25) is 5.91 Å². The van der Waals surface area contributed by atoms with Crippen LogP contribution in [0.5, 0.6) is 5.75 Å². The van der Waals surface area contributed by atoms with E-state index < -0.39 is 5.91 Å². The van der Waals surface area contributed by atoms with Crippen molar-refractivity contribution >= 4 is 11.9 Å². The van der Waals surface area contributed by atoms with Gasteiger partial charge < -0.3 is 15.2 Å². The van der Waals surface area contributed by atoms with Crippen molar-refractivity contribution in [3.8, 4) is 5.75 Å². The van der Waals surface area contributed by atoms with Gasteiger partial charge in [0.1, 0.15) is 12.4 Å². The summed E-state index contributed by atoms with van der Waals surface area (Å²) < 4.78 is 9.91. The highest BCUT2D eigenvalue weighted by atomic mass is 16.5. The molecule has 5 heteroatoms. The summed E-state index contributed by atoms with van der Waals surface area (Å²) in [5.41, 5.74) is 6.01. The Morgan fingerprint density at radius 1 is 1.28 bits per heavy atom. The zero-order valence-electron chi connectivity index (χ0n) is 10.3. The van der Waals surface area contributed by atoms with Crippen molar-refractivity contribution in [3.63, 3.8) is 0 Å². The smallest absolute Gasteiger partial charge is 0.333 e. The molecule has 0 fully saturated rings. The third kappa shape index (κ3) is 3.93. The van der Waals surface area contributed by atoms with Gasteiger partial charge in [0.25, 0.3) is 0 Å². The van der Waals surface area contributed by atoms with E-state index >= 15 is 0 Å². The fourth-order valence-corrected chi connectivity index (χ4v) is 1.22. The van der Waals surface area contributed by atoms with E-state index in [0.29, 0.717) is 16.9 Å². The number of ether oxygens (including phenoxy) is 2. The van der Waals surface area contributed by atoms with Crippen LogP contribution >= 0.6 is 0 Å². The summed E-state index contributed by atoms with van der Waals surface area (Å²) in [7, 11) is 1.32. The van der Waals surface area contributed by atoms with Crippen LogP contribution in [-0.4, -0.2) is 25.6 Å². The van der Waals surface area contributed by atoms with Crippen molar-refractivity contribution in [3.05, 3.63) is 41.5 Å². The maximum atomic E-state index is 11.1. The van der Waals surface area contributed by atoms with Crippen LogP contribution in [-0.2, 0) is 9.53 Å². The van der Waals surface area contributed by atoms with Gasteiger partial charge in [-0.15, -0.1) is 0 Å². The van der Waals surface area contributed by atoms with Crippen LogP contribution in [0.2, 0.25) is 0 Å². The Kier molecular flexibility index (Phi) is 4.92. The van der Waals surface area contributed by atoms with Gasteiger partial charge in [0, 0.05) is 11.1 Å². The number of primary amides is 1. The zero-order valence-corrected chi connectivity index (χ0v) is 10.3. The number of rotatable bonds is 5. The lowest BCUT2D eigenvalue weighted by molar-refractivity contribution is -0.136. The predicted molar refractivity (Wildman–Crippen MR) is 66.2 cm³/mol. The molecule has 0 radical (unpaired) electrons. The molecular weight excluding hydrogens is 234 g/mol. The van der Waals surface area contributed by atoms with Crippen molar-refractivity contribution < 1.29 is 19.1 Å². The molecule has 18 heavy (non-hydrogen) atoms. The normalized spacial score (nSPS) is 10.9. The molecule has 1 rings (SSSR count). The van der Waals surface area contributed by atoms with E-state index in [-0.39, 0.29) is 12.6 Å². The van der Waals surface area contributed by atoms with Gasteiger partial charge in [0.05, 0.1) is 7.11 Å². The Bertz CT molecular complexity index is 462. The molecule has 0 saturated carbocycles. The molecule has 2 N–H and O–H groups in total. The van der Waals surface area contributed by atoms with Crippen LogP contribution in [0.1, 0.15) is 17.3 Å². The summed E-state index contributed by atoms with van der Waals surface area (Å²) in [5.74, 6) is -0.278. The molecule has 0 atom stereocenters. The van der Waals surface area contributed by atoms with Gasteiger partial charge in [-0.25, -0.2) is 4.79 Å². The van der Waals surface area contributed by atoms with Crippen molar-refractivity contribution in [1.29, 1.82) is 0 Å². The summed E-state index contributed by atoms with van der Waals surface area (Å²) in [6, 6.07) is 6.44. The standard InChI is InChI=1S/C13H15NO4/c1-9(13(16)17-2)7-8-18-11-5-3-10(4-6-11)12(14)15/h3-7H,8H2,1-2H3,(H2,14,15). The van der Waals surface area contributed by atoms with Gasteiger partial charge in [-0.2, -0.15) is 0 Å². The molecule has 0 aliphatic rings. The number of benzene rings is 1. The number of carbonyl (C=O) groups is 2. The molecule has 0 unspecified atom stereocenters. The van der Waals surface area contributed by atoms with Gasteiger partial charge in [-0.1, -0.05) is 0 Å². The molecule has 1 aromatic rings. The molecule has 0 bridgehead atoms. The Morgan fingerprint density at radius 3 is 2.39 bits per heavy atom. The van der Waals surface area contributed by atoms with E-state index in [1.54, 1.807) is 37.3 Å². The van der Waals surface area contributed by atoms with E-state index in [2.05, 4.69) is 4.74 Å². The van der Waals surface area contributed by atoms with Crippen LogP contribution in [0.15, 0.2) is 35.9 Å². The molecular formula is C13H15NO4. The minimum Gasteiger partial charge on any atom is -0.490 e. The molecule has 0 aromatic heterocycles. The van der Waals surface area contributed by atoms with Crippen molar-refractivity contribution in [2.45, 2.75) is 6.92 Å². The van der Waals surface area contributed by atoms with Crippen LogP contribution in [0.25, 0.3) is 0 Å². The van der Waals surface area contributed by atoms with E-state index in [1.165, 1.54) is 7.11 Å². The molecule has 0 aliphatic carbocycles. The molecule has 1 amide bonds. The van der Waals surface area contributed by atoms with Gasteiger partial charge in [-0.3, -0.25) is 4.79 Å². The molecule has 0 saturated heterocycles. The number of methoxy groups -OCH3 is 1. The Labute approximate surface area is 105 Å². The summed E-state index contributed by atoms with van der Waals surface area (Å²) in [4.78, 5) is 21.9. The molecule has 0 spiro atoms. The lowest BCUT2D eigenvalue weighted by Gasteiger charge is -2.04. The average Bonchev–Trinajstić information content (AvgIpc) is 2.38. The number of nitrogens with two attached hydrogens (primary N) is 1. The first-order valence-electron chi connectivity index (χ1n) is 5.32. The van der Waals surface area contributed by atoms with Gasteiger partial charge in [0.15, 0.2) is 0 Å². The Morgan fingerprint density at radius 2 is 1.89 bits per heavy atom. The highest BCUT2D eigenvalue weighted by Gasteiger charge is 2.02. The van der Waals surface area contributed by atoms with Crippen LogP contribution in [0.4, 0.5) is 0 Å². The van der Waals surface area contributed by atoms with E-state index in [0.717, 1.165) is 0 Å². The quantitative estimate of drug-likeness (QED) is 0.630. The topological polar surface area (TPSA) is 78.6 Å². The highest BCUT2D eigenvalue weighted by molar-refractivity contribution is 5.92. The third-order valence-electron chi connectivity index (χ3n) is 2.29. The van der Waals surface area contributed by atoms with E-state index in [4.69, 9.17) is 10.5 Å². The van der Waals surface area contributed by atoms with Gasteiger partial charge in [-0.05, 0) is 37.3 Å². The van der Waals surface area contributed by atoms with Gasteiger partial charge >= 0.3 is 5.97 Å². The molecule has 96 valence electrons. The SMILES string of the molecule is COC(=O)C(C)=CCOc1ccc(C(N)=O)cc1. The lowest BCUT2D eigenvalue weighted by atomic mass is 10.2. The minimum absolute atomic E-state index is 0.247. The summed E-state index contributed by atoms with van der Waals surface area (Å²) >= 11 is 0. The van der Waals surface area contributed by atoms with E-state index in [9.17, 15) is 9.59 Å². The first kappa shape index (κ1) is 13.8. The highest BCUT2D eigenvalue weighted by Crippen LogP contribution is 2.12. The second-order valence-electron chi connectivity index (χ2n) is 3.58. The summed E-state index contributed by atoms with van der Waals surface area (Å²) in [5, 5.41) is 0. The molecule has 5 nitrogen and oxygen atoms in total. The number of hydrogen-bond acceptors (Lipinski definition) is 4. The van der Waals surface area contributed by atoms with Crippen LogP contribution in [0, 0.1) is 0 Å². The Hall–Kier alpha value is -2.30. The zero-order chi connectivity index (χ0) is 13.5. The van der Waals surface area contributed by atoms with Crippen molar-refractivity contribution in [2.24, 2.45) is 5.73 Å². The monoisotopic (exact) mass is 249 g/mol. The molecule has 0 heterocycles. The third-order valence-corrected chi connectivity index (χ3v) is 2.29. The second-order valence-corrected chi connectivity index (χ2v) is 3.58. The second kappa shape index (κ2) is 6.44. The average molecular weight is 249 g/mol. The largest absolute Gasteiger partial charge is 0.490 e. The number of hydrogen-bond donors (Lipinski definition) is 1. The summed E-state index contributed by atoms with van der Waals surface area (Å²) in [6.07, 6.45) is 1.62. The molecule has 0 aliphatic heterocycles. The number of esters is 1. The maximum absolute atomic E-state index is 11.1. The lowest BCUT2D eigenvalue weighted by Crippen LogP contribution is -2.10. The first-order chi connectivity index (χ1) is 8.54. The predicted octanol–water partition coefficient (Wildman–Crippen LogP) is 1.28. The number of carbonyl (C=O) groups excluding carboxylic acids is 2. The first-order valence-corrected chi connectivity index (χ1v) is 5.32. The van der Waals surface area contributed by atoms with Crippen molar-refractivity contribution in [2.75, 3.05) is 13.7 Å². The fourth-order valence-electron chi connectivity index (χ4n) is 1.22. The fraction of sp³-hybridized carbons (Fsp3) is 0.231. The Balaban J connectivity index is 2.54. The molecule has 1 aromatic carbocycles. The van der Waals surface area contributed by atoms with Crippen LogP contribution < -0.4 is 10.5 Å². The maximum Gasteiger partial charge on any atom is 0.333 e. The summed E-state index contributed by atoms with van der Waals surface area (Å²) in [6.45, 7) is 1.89. The van der Waals surface area contributed by atoms with E-state index in [1.807, 2.05) is 0 Å².